The van der Waals surface area contributed by atoms with Crippen molar-refractivity contribution in [2.75, 3.05) is 13.1 Å². The Kier molecular flexibility index (Phi) is 4.04. The second kappa shape index (κ2) is 5.09. The van der Waals surface area contributed by atoms with Gasteiger partial charge in [0.2, 0.25) is 10.0 Å². The van der Waals surface area contributed by atoms with Gasteiger partial charge < -0.3 is 5.32 Å². The second-order valence-corrected chi connectivity index (χ2v) is 7.10. The van der Waals surface area contributed by atoms with E-state index in [1.807, 2.05) is 0 Å². The van der Waals surface area contributed by atoms with Crippen molar-refractivity contribution < 1.29 is 8.42 Å². The van der Waals surface area contributed by atoms with E-state index in [9.17, 15) is 8.42 Å². The highest BCUT2D eigenvalue weighted by Gasteiger charge is 2.54. The first-order chi connectivity index (χ1) is 8.09. The van der Waals surface area contributed by atoms with E-state index in [0.717, 1.165) is 13.1 Å². The summed E-state index contributed by atoms with van der Waals surface area (Å²) in [6, 6.07) is 7.01. The Morgan fingerprint density at radius 3 is 2.44 bits per heavy atom. The lowest BCUT2D eigenvalue weighted by Gasteiger charge is -2.10. The zero-order valence-corrected chi connectivity index (χ0v) is 12.7. The number of benzene rings is 1. The highest BCUT2D eigenvalue weighted by molar-refractivity contribution is 9.10. The van der Waals surface area contributed by atoms with Gasteiger partial charge >= 0.3 is 0 Å². The Morgan fingerprint density at radius 2 is 1.83 bits per heavy atom. The molecule has 2 aliphatic rings. The Bertz CT molecular complexity index is 542. The van der Waals surface area contributed by atoms with Crippen molar-refractivity contribution in [2.24, 2.45) is 11.8 Å². The molecule has 3 rings (SSSR count). The molecule has 2 unspecified atom stereocenters. The van der Waals surface area contributed by atoms with Crippen molar-refractivity contribution >= 4 is 38.4 Å². The van der Waals surface area contributed by atoms with Gasteiger partial charge in [0.05, 0.1) is 4.90 Å². The van der Waals surface area contributed by atoms with Crippen LogP contribution in [0.15, 0.2) is 33.6 Å². The van der Waals surface area contributed by atoms with Crippen LogP contribution in [0.1, 0.15) is 0 Å². The Balaban J connectivity index is 0.00000120. The van der Waals surface area contributed by atoms with Gasteiger partial charge in [-0.1, -0.05) is 12.1 Å². The van der Waals surface area contributed by atoms with Gasteiger partial charge in [-0.3, -0.25) is 0 Å². The van der Waals surface area contributed by atoms with Gasteiger partial charge in [0.15, 0.2) is 0 Å². The van der Waals surface area contributed by atoms with Crippen LogP contribution >= 0.6 is 28.3 Å². The third-order valence-corrected chi connectivity index (χ3v) is 5.98. The number of halogens is 2. The minimum atomic E-state index is -3.39. The molecule has 0 aromatic heterocycles. The van der Waals surface area contributed by atoms with Crippen LogP contribution in [-0.4, -0.2) is 27.5 Å². The summed E-state index contributed by atoms with van der Waals surface area (Å²) in [5.41, 5.74) is 0. The van der Waals surface area contributed by atoms with E-state index in [1.54, 1.807) is 24.3 Å². The molecule has 1 aromatic carbocycles. The largest absolute Gasteiger partial charge is 0.316 e. The van der Waals surface area contributed by atoms with E-state index >= 15 is 0 Å². The van der Waals surface area contributed by atoms with Crippen LogP contribution in [0, 0.1) is 11.8 Å². The average Bonchev–Trinajstić information content (AvgIpc) is 2.75. The maximum absolute atomic E-state index is 12.2. The second-order valence-electron chi connectivity index (χ2n) is 4.56. The fraction of sp³-hybridized carbons (Fsp3) is 0.455. The predicted molar refractivity (Wildman–Crippen MR) is 75.3 cm³/mol. The third kappa shape index (κ3) is 2.44. The number of hydrogen-bond acceptors (Lipinski definition) is 3. The predicted octanol–water partition coefficient (Wildman–Crippen LogP) is 1.37. The fourth-order valence-corrected chi connectivity index (χ4v) is 4.84. The first kappa shape index (κ1) is 14.3. The molecule has 4 nitrogen and oxygen atoms in total. The monoisotopic (exact) mass is 352 g/mol. The van der Waals surface area contributed by atoms with Crippen molar-refractivity contribution in [3.05, 3.63) is 28.7 Å². The fourth-order valence-electron chi connectivity index (χ4n) is 2.50. The van der Waals surface area contributed by atoms with E-state index in [1.165, 1.54) is 0 Å². The van der Waals surface area contributed by atoms with Crippen LogP contribution in [0.4, 0.5) is 0 Å². The zero-order valence-electron chi connectivity index (χ0n) is 9.47. The number of hydrogen-bond donors (Lipinski definition) is 2. The summed E-state index contributed by atoms with van der Waals surface area (Å²) in [5, 5.41) is 3.24. The third-order valence-electron chi connectivity index (χ3n) is 3.51. The lowest BCUT2D eigenvalue weighted by atomic mass is 10.4. The summed E-state index contributed by atoms with van der Waals surface area (Å²) in [7, 11) is -3.39. The number of nitrogens with one attached hydrogen (secondary N) is 2. The maximum Gasteiger partial charge on any atom is 0.241 e. The van der Waals surface area contributed by atoms with Crippen molar-refractivity contribution in [3.8, 4) is 0 Å². The standard InChI is InChI=1S/C11H13BrN2O2S.ClH/c12-9-3-1-2-4-10(9)17(15,16)14-11-7-5-13-6-8(7)11;/h1-4,7-8,11,13-14H,5-6H2;1H. The van der Waals surface area contributed by atoms with E-state index in [0.29, 0.717) is 21.2 Å². The molecule has 7 heteroatoms. The van der Waals surface area contributed by atoms with Crippen LogP contribution < -0.4 is 10.0 Å². The maximum atomic E-state index is 12.2. The normalized spacial score (nSPS) is 29.5. The lowest BCUT2D eigenvalue weighted by molar-refractivity contribution is 0.565. The first-order valence-electron chi connectivity index (χ1n) is 5.57. The Morgan fingerprint density at radius 1 is 1.22 bits per heavy atom. The molecule has 0 spiro atoms. The van der Waals surface area contributed by atoms with Gasteiger partial charge in [-0.2, -0.15) is 0 Å². The van der Waals surface area contributed by atoms with Crippen molar-refractivity contribution in [1.29, 1.82) is 0 Å². The van der Waals surface area contributed by atoms with Crippen LogP contribution in [0.5, 0.6) is 0 Å². The molecule has 1 aliphatic heterocycles. The van der Waals surface area contributed by atoms with Gasteiger partial charge in [0.1, 0.15) is 0 Å². The van der Waals surface area contributed by atoms with E-state index in [4.69, 9.17) is 0 Å². The molecule has 0 radical (unpaired) electrons. The molecule has 0 amide bonds. The van der Waals surface area contributed by atoms with E-state index < -0.39 is 10.0 Å². The summed E-state index contributed by atoms with van der Waals surface area (Å²) < 4.78 is 27.7. The summed E-state index contributed by atoms with van der Waals surface area (Å²) in [5.74, 6) is 0.958. The van der Waals surface area contributed by atoms with Gasteiger partial charge in [0, 0.05) is 10.5 Å². The highest BCUT2D eigenvalue weighted by Crippen LogP contribution is 2.42. The minimum absolute atomic E-state index is 0. The molecule has 1 saturated carbocycles. The molecule has 2 fully saturated rings. The molecule has 1 heterocycles. The van der Waals surface area contributed by atoms with Crippen LogP contribution in [-0.2, 0) is 10.0 Å². The van der Waals surface area contributed by atoms with Gasteiger partial charge in [-0.25, -0.2) is 13.1 Å². The van der Waals surface area contributed by atoms with Gasteiger partial charge in [0.25, 0.3) is 0 Å². The summed E-state index contributed by atoms with van der Waals surface area (Å²) in [6.07, 6.45) is 0. The van der Waals surface area contributed by atoms with Crippen molar-refractivity contribution in [2.45, 2.75) is 10.9 Å². The quantitative estimate of drug-likeness (QED) is 0.863. The number of piperidine rings is 1. The zero-order chi connectivity index (χ0) is 12.0. The number of fused-ring (bicyclic) bond motifs is 1. The molecule has 1 aliphatic carbocycles. The number of rotatable bonds is 3. The van der Waals surface area contributed by atoms with E-state index in [2.05, 4.69) is 26.0 Å². The van der Waals surface area contributed by atoms with Crippen LogP contribution in [0.2, 0.25) is 0 Å². The van der Waals surface area contributed by atoms with Crippen LogP contribution in [0.25, 0.3) is 0 Å². The average molecular weight is 354 g/mol. The Labute approximate surface area is 121 Å². The summed E-state index contributed by atoms with van der Waals surface area (Å²) in [6.45, 7) is 1.85. The molecule has 0 bridgehead atoms. The lowest BCUT2D eigenvalue weighted by Crippen LogP contribution is -2.32. The Hall–Kier alpha value is -0.140. The molecular weight excluding hydrogens is 340 g/mol. The molecule has 2 N–H and O–H groups in total. The molecule has 1 saturated heterocycles. The number of sulfonamides is 1. The van der Waals surface area contributed by atoms with Gasteiger partial charge in [-0.05, 0) is 53.0 Å². The minimum Gasteiger partial charge on any atom is -0.316 e. The smallest absolute Gasteiger partial charge is 0.241 e. The van der Waals surface area contributed by atoms with Crippen LogP contribution in [0.3, 0.4) is 0 Å². The molecule has 18 heavy (non-hydrogen) atoms. The van der Waals surface area contributed by atoms with Gasteiger partial charge in [-0.15, -0.1) is 12.4 Å². The molecule has 1 aromatic rings. The highest BCUT2D eigenvalue weighted by atomic mass is 79.9. The van der Waals surface area contributed by atoms with Crippen molar-refractivity contribution in [3.63, 3.8) is 0 Å². The SMILES string of the molecule is Cl.O=S(=O)(NC1C2CNCC21)c1ccccc1Br. The van der Waals surface area contributed by atoms with Crippen molar-refractivity contribution in [1.82, 2.24) is 10.0 Å². The van der Waals surface area contributed by atoms with E-state index in [-0.39, 0.29) is 18.4 Å². The first-order valence-corrected chi connectivity index (χ1v) is 7.85. The summed E-state index contributed by atoms with van der Waals surface area (Å²) >= 11 is 3.27. The summed E-state index contributed by atoms with van der Waals surface area (Å²) in [4.78, 5) is 0.318. The molecular formula is C11H14BrClN2O2S. The molecule has 100 valence electrons. The topological polar surface area (TPSA) is 58.2 Å². The molecule has 2 atom stereocenters.